The Morgan fingerprint density at radius 1 is 0.833 bits per heavy atom. The summed E-state index contributed by atoms with van der Waals surface area (Å²) in [5.41, 5.74) is 1.40. The summed E-state index contributed by atoms with van der Waals surface area (Å²) in [4.78, 5) is 34.7. The van der Waals surface area contributed by atoms with E-state index in [1.165, 1.54) is 31.2 Å². The molecular weight excluding hydrogens is 313 g/mol. The van der Waals surface area contributed by atoms with E-state index in [1.54, 1.807) is 24.3 Å². The van der Waals surface area contributed by atoms with Crippen LogP contribution in [0.1, 0.15) is 13.3 Å². The highest BCUT2D eigenvalue weighted by Crippen LogP contribution is 2.15. The lowest BCUT2D eigenvalue weighted by Gasteiger charge is -2.08. The van der Waals surface area contributed by atoms with E-state index in [0.717, 1.165) is 0 Å². The van der Waals surface area contributed by atoms with E-state index in [-0.39, 0.29) is 12.3 Å². The second kappa shape index (κ2) is 7.87. The van der Waals surface area contributed by atoms with Gasteiger partial charge >= 0.3 is 0 Å². The van der Waals surface area contributed by atoms with Crippen LogP contribution < -0.4 is 16.0 Å². The zero-order valence-electron chi connectivity index (χ0n) is 12.9. The van der Waals surface area contributed by atoms with Crippen LogP contribution in [0.2, 0.25) is 0 Å². The molecule has 0 spiro atoms. The van der Waals surface area contributed by atoms with E-state index in [1.807, 2.05) is 0 Å². The van der Waals surface area contributed by atoms with E-state index in [4.69, 9.17) is 0 Å². The molecule has 0 aliphatic carbocycles. The van der Waals surface area contributed by atoms with Gasteiger partial charge in [0, 0.05) is 24.0 Å². The maximum atomic E-state index is 12.8. The van der Waals surface area contributed by atoms with Crippen LogP contribution >= 0.6 is 0 Å². The number of halogens is 1. The van der Waals surface area contributed by atoms with Crippen molar-refractivity contribution in [1.82, 2.24) is 0 Å². The Balaban J connectivity index is 1.89. The van der Waals surface area contributed by atoms with Gasteiger partial charge < -0.3 is 16.0 Å². The van der Waals surface area contributed by atoms with E-state index in [9.17, 15) is 18.8 Å². The van der Waals surface area contributed by atoms with E-state index < -0.39 is 17.6 Å². The molecule has 0 aromatic heterocycles. The molecule has 0 fully saturated rings. The van der Waals surface area contributed by atoms with Crippen molar-refractivity contribution >= 4 is 34.8 Å². The first kappa shape index (κ1) is 17.1. The maximum absolute atomic E-state index is 12.8. The average Bonchev–Trinajstić information content (AvgIpc) is 2.49. The number of hydrogen-bond donors (Lipinski definition) is 3. The minimum absolute atomic E-state index is 0.225. The molecule has 3 N–H and O–H groups in total. The maximum Gasteiger partial charge on any atom is 0.233 e. The van der Waals surface area contributed by atoms with Gasteiger partial charge in [-0.15, -0.1) is 0 Å². The molecule has 0 aliphatic rings. The first-order chi connectivity index (χ1) is 11.4. The molecule has 2 aromatic carbocycles. The zero-order valence-corrected chi connectivity index (χ0v) is 12.9. The molecular formula is C17H16FN3O3. The van der Waals surface area contributed by atoms with Crippen molar-refractivity contribution in [3.05, 3.63) is 54.3 Å². The fourth-order valence-corrected chi connectivity index (χ4v) is 1.97. The largest absolute Gasteiger partial charge is 0.326 e. The molecule has 0 aliphatic heterocycles. The Labute approximate surface area is 138 Å². The number of anilines is 3. The third-order valence-electron chi connectivity index (χ3n) is 2.92. The Morgan fingerprint density at radius 3 is 1.96 bits per heavy atom. The summed E-state index contributed by atoms with van der Waals surface area (Å²) in [7, 11) is 0. The van der Waals surface area contributed by atoms with E-state index in [2.05, 4.69) is 16.0 Å². The highest BCUT2D eigenvalue weighted by molar-refractivity contribution is 6.08. The Kier molecular flexibility index (Phi) is 5.62. The van der Waals surface area contributed by atoms with Crippen LogP contribution in [0.15, 0.2) is 48.5 Å². The molecule has 24 heavy (non-hydrogen) atoms. The number of hydrogen-bond acceptors (Lipinski definition) is 3. The SMILES string of the molecule is CC(=O)Nc1cccc(NC(=O)CC(=O)Nc2ccc(F)cc2)c1. The third kappa shape index (κ3) is 5.53. The fourth-order valence-electron chi connectivity index (χ4n) is 1.97. The molecule has 0 saturated heterocycles. The lowest BCUT2D eigenvalue weighted by molar-refractivity contribution is -0.123. The third-order valence-corrected chi connectivity index (χ3v) is 2.92. The average molecular weight is 329 g/mol. The summed E-state index contributed by atoms with van der Waals surface area (Å²) < 4.78 is 12.8. The van der Waals surface area contributed by atoms with Crippen LogP contribution in [-0.2, 0) is 14.4 Å². The first-order valence-electron chi connectivity index (χ1n) is 7.15. The van der Waals surface area contributed by atoms with Crippen molar-refractivity contribution in [2.24, 2.45) is 0 Å². The van der Waals surface area contributed by atoms with Gasteiger partial charge in [-0.1, -0.05) is 6.07 Å². The number of rotatable bonds is 5. The van der Waals surface area contributed by atoms with Crippen molar-refractivity contribution < 1.29 is 18.8 Å². The summed E-state index contributed by atoms with van der Waals surface area (Å²) in [5, 5.41) is 7.67. The monoisotopic (exact) mass is 329 g/mol. The molecule has 2 rings (SSSR count). The second-order valence-electron chi connectivity index (χ2n) is 5.04. The van der Waals surface area contributed by atoms with Gasteiger partial charge in [0.15, 0.2) is 0 Å². The van der Waals surface area contributed by atoms with Crippen molar-refractivity contribution in [2.75, 3.05) is 16.0 Å². The lowest BCUT2D eigenvalue weighted by atomic mass is 10.2. The molecule has 0 saturated carbocycles. The highest BCUT2D eigenvalue weighted by Gasteiger charge is 2.10. The number of carbonyl (C=O) groups is 3. The van der Waals surface area contributed by atoms with Gasteiger partial charge in [-0.25, -0.2) is 4.39 Å². The molecule has 0 heterocycles. The summed E-state index contributed by atoms with van der Waals surface area (Å²) in [6.07, 6.45) is -0.387. The van der Waals surface area contributed by atoms with Gasteiger partial charge in [0.05, 0.1) is 0 Å². The van der Waals surface area contributed by atoms with E-state index in [0.29, 0.717) is 17.1 Å². The van der Waals surface area contributed by atoms with Gasteiger partial charge in [0.25, 0.3) is 0 Å². The van der Waals surface area contributed by atoms with Crippen molar-refractivity contribution in [3.63, 3.8) is 0 Å². The topological polar surface area (TPSA) is 87.3 Å². The van der Waals surface area contributed by atoms with Crippen molar-refractivity contribution in [3.8, 4) is 0 Å². The van der Waals surface area contributed by atoms with E-state index >= 15 is 0 Å². The number of nitrogens with one attached hydrogen (secondary N) is 3. The summed E-state index contributed by atoms with van der Waals surface area (Å²) in [5.74, 6) is -1.66. The van der Waals surface area contributed by atoms with Gasteiger partial charge in [-0.2, -0.15) is 0 Å². The number of carbonyl (C=O) groups excluding carboxylic acids is 3. The number of amides is 3. The molecule has 0 atom stereocenters. The fraction of sp³-hybridized carbons (Fsp3) is 0.118. The highest BCUT2D eigenvalue weighted by atomic mass is 19.1. The smallest absolute Gasteiger partial charge is 0.233 e. The van der Waals surface area contributed by atoms with Crippen LogP contribution in [0.5, 0.6) is 0 Å². The summed E-state index contributed by atoms with van der Waals surface area (Å²) >= 11 is 0. The number of benzene rings is 2. The quantitative estimate of drug-likeness (QED) is 0.737. The minimum atomic E-state index is -0.517. The standard InChI is InChI=1S/C17H16FN3O3/c1-11(22)19-14-3-2-4-15(9-14)21-17(24)10-16(23)20-13-7-5-12(18)6-8-13/h2-9H,10H2,1H3,(H,19,22)(H,20,23)(H,21,24). The van der Waals surface area contributed by atoms with Crippen LogP contribution in [0, 0.1) is 5.82 Å². The van der Waals surface area contributed by atoms with Gasteiger partial charge in [0.1, 0.15) is 12.2 Å². The normalized spacial score (nSPS) is 9.92. The molecule has 3 amide bonds. The Bertz CT molecular complexity index is 760. The van der Waals surface area contributed by atoms with Crippen LogP contribution in [0.3, 0.4) is 0 Å². The van der Waals surface area contributed by atoms with Gasteiger partial charge in [0.2, 0.25) is 17.7 Å². The molecule has 124 valence electrons. The minimum Gasteiger partial charge on any atom is -0.326 e. The van der Waals surface area contributed by atoms with Gasteiger partial charge in [-0.3, -0.25) is 14.4 Å². The molecule has 0 bridgehead atoms. The second-order valence-corrected chi connectivity index (χ2v) is 5.04. The molecule has 7 heteroatoms. The first-order valence-corrected chi connectivity index (χ1v) is 7.15. The zero-order chi connectivity index (χ0) is 17.5. The predicted molar refractivity (Wildman–Crippen MR) is 89.0 cm³/mol. The van der Waals surface area contributed by atoms with Crippen LogP contribution in [-0.4, -0.2) is 17.7 Å². The molecule has 0 radical (unpaired) electrons. The summed E-state index contributed by atoms with van der Waals surface area (Å²) in [6.45, 7) is 1.38. The Hall–Kier alpha value is -3.22. The molecule has 6 nitrogen and oxygen atoms in total. The molecule has 0 unspecified atom stereocenters. The summed E-state index contributed by atoms with van der Waals surface area (Å²) in [6, 6.07) is 11.8. The lowest BCUT2D eigenvalue weighted by Crippen LogP contribution is -2.21. The van der Waals surface area contributed by atoms with Gasteiger partial charge in [-0.05, 0) is 42.5 Å². The van der Waals surface area contributed by atoms with Crippen LogP contribution in [0.4, 0.5) is 21.5 Å². The van der Waals surface area contributed by atoms with Crippen LogP contribution in [0.25, 0.3) is 0 Å². The Morgan fingerprint density at radius 2 is 1.38 bits per heavy atom. The predicted octanol–water partition coefficient (Wildman–Crippen LogP) is 2.75. The van der Waals surface area contributed by atoms with Crippen molar-refractivity contribution in [2.45, 2.75) is 13.3 Å². The molecule has 2 aromatic rings. The van der Waals surface area contributed by atoms with Crippen molar-refractivity contribution in [1.29, 1.82) is 0 Å².